The Balaban J connectivity index is 2.02. The quantitative estimate of drug-likeness (QED) is 0.489. The van der Waals surface area contributed by atoms with Crippen LogP contribution < -0.4 is 5.32 Å². The van der Waals surface area contributed by atoms with Crippen LogP contribution in [0.5, 0.6) is 0 Å². The summed E-state index contributed by atoms with van der Waals surface area (Å²) in [5.41, 5.74) is -2.58. The van der Waals surface area contributed by atoms with E-state index in [4.69, 9.17) is 9.47 Å². The lowest BCUT2D eigenvalue weighted by Crippen LogP contribution is -2.27. The summed E-state index contributed by atoms with van der Waals surface area (Å²) < 4.78 is 47.6. The zero-order valence-electron chi connectivity index (χ0n) is 12.7. The molecule has 0 saturated carbocycles. The Bertz CT molecular complexity index is 686. The molecule has 1 aliphatic rings. The Hall–Kier alpha value is -2.69. The summed E-state index contributed by atoms with van der Waals surface area (Å²) in [6, 6.07) is 1.68. The molecule has 0 radical (unpaired) electrons. The van der Waals surface area contributed by atoms with Crippen LogP contribution in [0.15, 0.2) is 18.2 Å². The van der Waals surface area contributed by atoms with E-state index in [9.17, 15) is 32.9 Å². The molecule has 11 heteroatoms. The molecule has 0 spiro atoms. The molecule has 1 saturated heterocycles. The number of anilines is 1. The zero-order valence-corrected chi connectivity index (χ0v) is 12.7. The van der Waals surface area contributed by atoms with Crippen LogP contribution >= 0.6 is 0 Å². The summed E-state index contributed by atoms with van der Waals surface area (Å²) in [5.74, 6) is -1.66. The molecule has 0 aliphatic carbocycles. The third-order valence-corrected chi connectivity index (χ3v) is 3.33. The molecule has 1 amide bonds. The minimum Gasteiger partial charge on any atom is -0.454 e. The molecule has 1 N–H and O–H groups in total. The van der Waals surface area contributed by atoms with Gasteiger partial charge in [-0.1, -0.05) is 0 Å². The highest BCUT2D eigenvalue weighted by atomic mass is 19.4. The highest BCUT2D eigenvalue weighted by Crippen LogP contribution is 2.34. The molecular weight excluding hydrogens is 349 g/mol. The van der Waals surface area contributed by atoms with Crippen LogP contribution in [0.4, 0.5) is 24.5 Å². The van der Waals surface area contributed by atoms with E-state index >= 15 is 0 Å². The van der Waals surface area contributed by atoms with Crippen molar-refractivity contribution in [3.05, 3.63) is 33.9 Å². The Morgan fingerprint density at radius 2 is 2.12 bits per heavy atom. The first-order valence-electron chi connectivity index (χ1n) is 7.12. The van der Waals surface area contributed by atoms with Crippen LogP contribution in [-0.2, 0) is 25.2 Å². The number of nitrogens with zero attached hydrogens (tertiary/aromatic N) is 1. The van der Waals surface area contributed by atoms with Crippen LogP contribution in [0, 0.1) is 10.1 Å². The molecule has 1 aromatic carbocycles. The van der Waals surface area contributed by atoms with Gasteiger partial charge in [-0.2, -0.15) is 13.2 Å². The molecule has 1 aromatic rings. The number of carbonyl (C=O) groups is 2. The first kappa shape index (κ1) is 18.6. The van der Waals surface area contributed by atoms with E-state index in [0.29, 0.717) is 31.6 Å². The summed E-state index contributed by atoms with van der Waals surface area (Å²) >= 11 is 0. The number of hydrogen-bond acceptors (Lipinski definition) is 6. The molecule has 8 nitrogen and oxygen atoms in total. The molecule has 25 heavy (non-hydrogen) atoms. The highest BCUT2D eigenvalue weighted by Gasteiger charge is 2.33. The summed E-state index contributed by atoms with van der Waals surface area (Å²) in [6.45, 7) is -0.333. The fraction of sp³-hybridized carbons (Fsp3) is 0.429. The first-order chi connectivity index (χ1) is 11.7. The number of alkyl halides is 3. The maximum absolute atomic E-state index is 12.6. The summed E-state index contributed by atoms with van der Waals surface area (Å²) in [5, 5.41) is 13.0. The van der Waals surface area contributed by atoms with E-state index in [1.807, 2.05) is 0 Å². The van der Waals surface area contributed by atoms with E-state index in [1.165, 1.54) is 0 Å². The molecule has 1 heterocycles. The van der Waals surface area contributed by atoms with Crippen molar-refractivity contribution in [1.29, 1.82) is 0 Å². The van der Waals surface area contributed by atoms with Crippen molar-refractivity contribution >= 4 is 23.3 Å². The number of rotatable bonds is 5. The lowest BCUT2D eigenvalue weighted by atomic mass is 10.1. The Morgan fingerprint density at radius 1 is 1.40 bits per heavy atom. The summed E-state index contributed by atoms with van der Waals surface area (Å²) in [6.07, 6.45) is -4.37. The van der Waals surface area contributed by atoms with E-state index in [1.54, 1.807) is 0 Å². The van der Waals surface area contributed by atoms with Gasteiger partial charge in [0, 0.05) is 12.7 Å². The Kier molecular flexibility index (Phi) is 5.57. The highest BCUT2D eigenvalue weighted by molar-refractivity contribution is 5.95. The number of hydrogen-bond donors (Lipinski definition) is 1. The lowest BCUT2D eigenvalue weighted by molar-refractivity contribution is -0.384. The molecule has 0 aromatic heterocycles. The Labute approximate surface area is 139 Å². The van der Waals surface area contributed by atoms with Gasteiger partial charge >= 0.3 is 12.1 Å². The maximum atomic E-state index is 12.6. The van der Waals surface area contributed by atoms with Gasteiger partial charge < -0.3 is 14.8 Å². The minimum absolute atomic E-state index is 0.313. The van der Waals surface area contributed by atoms with Crippen molar-refractivity contribution in [1.82, 2.24) is 0 Å². The van der Waals surface area contributed by atoms with Crippen LogP contribution in [0.1, 0.15) is 18.4 Å². The summed E-state index contributed by atoms with van der Waals surface area (Å²) in [4.78, 5) is 33.1. The first-order valence-corrected chi connectivity index (χ1v) is 7.12. The van der Waals surface area contributed by atoms with Crippen molar-refractivity contribution in [3.8, 4) is 0 Å². The number of ether oxygens (including phenoxy) is 2. The predicted octanol–water partition coefficient (Wildman–Crippen LogP) is 2.27. The van der Waals surface area contributed by atoms with Crippen LogP contribution in [-0.4, -0.2) is 36.1 Å². The zero-order chi connectivity index (χ0) is 18.6. The maximum Gasteiger partial charge on any atom is 0.416 e. The average molecular weight is 362 g/mol. The second-order valence-electron chi connectivity index (χ2n) is 5.14. The van der Waals surface area contributed by atoms with Crippen molar-refractivity contribution in [3.63, 3.8) is 0 Å². The average Bonchev–Trinajstić information content (AvgIpc) is 3.06. The SMILES string of the molecule is O=C(COC(=O)[C@@H]1CCCO1)Nc1ccc(C(F)(F)F)cc1[N+](=O)[O-]. The fourth-order valence-electron chi connectivity index (χ4n) is 2.14. The number of benzene rings is 1. The van der Waals surface area contributed by atoms with Gasteiger partial charge in [0.05, 0.1) is 10.5 Å². The lowest BCUT2D eigenvalue weighted by Gasteiger charge is -2.11. The number of esters is 1. The monoisotopic (exact) mass is 362 g/mol. The van der Waals surface area contributed by atoms with Gasteiger partial charge in [-0.15, -0.1) is 0 Å². The molecule has 0 bridgehead atoms. The number of amides is 1. The number of nitrogens with one attached hydrogen (secondary N) is 1. The standard InChI is InChI=1S/C14H13F3N2O6/c15-14(16,17)8-3-4-9(10(6-8)19(22)23)18-12(20)7-25-13(21)11-2-1-5-24-11/h3-4,6,11H,1-2,5,7H2,(H,18,20)/t11-/m0/s1. The normalized spacial score (nSPS) is 17.2. The van der Waals surface area contributed by atoms with Crippen molar-refractivity contribution in [2.45, 2.75) is 25.1 Å². The second-order valence-corrected chi connectivity index (χ2v) is 5.14. The van der Waals surface area contributed by atoms with E-state index in [2.05, 4.69) is 5.32 Å². The van der Waals surface area contributed by atoms with E-state index in [-0.39, 0.29) is 0 Å². The topological polar surface area (TPSA) is 108 Å². The smallest absolute Gasteiger partial charge is 0.416 e. The number of nitro groups is 1. The molecule has 136 valence electrons. The molecular formula is C14H13F3N2O6. The molecule has 1 aliphatic heterocycles. The minimum atomic E-state index is -4.76. The number of nitro benzene ring substituents is 1. The molecule has 2 rings (SSSR count). The third-order valence-electron chi connectivity index (χ3n) is 3.33. The van der Waals surface area contributed by atoms with Crippen LogP contribution in [0.2, 0.25) is 0 Å². The van der Waals surface area contributed by atoms with Gasteiger partial charge in [-0.3, -0.25) is 14.9 Å². The molecule has 0 unspecified atom stereocenters. The predicted molar refractivity (Wildman–Crippen MR) is 76.7 cm³/mol. The largest absolute Gasteiger partial charge is 0.454 e. The van der Waals surface area contributed by atoms with Crippen molar-refractivity contribution < 1.29 is 37.2 Å². The van der Waals surface area contributed by atoms with Gasteiger partial charge in [0.1, 0.15) is 5.69 Å². The number of halogens is 3. The molecule has 1 atom stereocenters. The fourth-order valence-corrected chi connectivity index (χ4v) is 2.14. The van der Waals surface area contributed by atoms with Gasteiger partial charge in [0.2, 0.25) is 0 Å². The van der Waals surface area contributed by atoms with Crippen LogP contribution in [0.25, 0.3) is 0 Å². The second kappa shape index (κ2) is 7.47. The van der Waals surface area contributed by atoms with Gasteiger partial charge in [0.25, 0.3) is 11.6 Å². The van der Waals surface area contributed by atoms with Crippen molar-refractivity contribution in [2.75, 3.05) is 18.5 Å². The Morgan fingerprint density at radius 3 is 2.68 bits per heavy atom. The van der Waals surface area contributed by atoms with Gasteiger partial charge in [-0.25, -0.2) is 4.79 Å². The van der Waals surface area contributed by atoms with Gasteiger partial charge in [-0.05, 0) is 25.0 Å². The van der Waals surface area contributed by atoms with E-state index < -0.39 is 52.6 Å². The summed E-state index contributed by atoms with van der Waals surface area (Å²) in [7, 11) is 0. The molecule has 1 fully saturated rings. The third kappa shape index (κ3) is 4.89. The van der Waals surface area contributed by atoms with E-state index in [0.717, 1.165) is 6.07 Å². The van der Waals surface area contributed by atoms with Crippen LogP contribution in [0.3, 0.4) is 0 Å². The van der Waals surface area contributed by atoms with Gasteiger partial charge in [0.15, 0.2) is 12.7 Å². The number of carbonyl (C=O) groups excluding carboxylic acids is 2. The van der Waals surface area contributed by atoms with Crippen molar-refractivity contribution in [2.24, 2.45) is 0 Å².